The number of phenols is 1. The third kappa shape index (κ3) is 3.41. The second kappa shape index (κ2) is 7.68. The quantitative estimate of drug-likeness (QED) is 0.240. The van der Waals surface area contributed by atoms with Crippen molar-refractivity contribution < 1.29 is 5.11 Å². The van der Waals surface area contributed by atoms with Crippen LogP contribution in [-0.4, -0.2) is 5.11 Å². The number of fused-ring (bicyclic) bond motifs is 2. The van der Waals surface area contributed by atoms with Crippen LogP contribution in [0, 0.1) is 0 Å². The second-order valence-electron chi connectivity index (χ2n) is 8.11. The summed E-state index contributed by atoms with van der Waals surface area (Å²) in [5, 5.41) is 11.2. The molecule has 1 N–H and O–H groups in total. The van der Waals surface area contributed by atoms with Crippen molar-refractivity contribution in [3.63, 3.8) is 0 Å². The van der Waals surface area contributed by atoms with E-state index >= 15 is 0 Å². The molecule has 0 aliphatic carbocycles. The van der Waals surface area contributed by atoms with Crippen LogP contribution in [0.15, 0.2) is 95.8 Å². The fraction of sp³-hybridized carbons (Fsp3) is 0.107. The zero-order valence-corrected chi connectivity index (χ0v) is 18.3. The van der Waals surface area contributed by atoms with Gasteiger partial charge in [0.2, 0.25) is 5.43 Å². The number of benzene rings is 4. The van der Waals surface area contributed by atoms with Crippen LogP contribution in [-0.2, 0) is 0 Å². The SMILES string of the molecule is CC(C)c1ccc2c(c1)c(=O)c1ccccc1[s+]2-c1ccc(-c2ccc(O)cc2)cc1. The lowest BCUT2D eigenvalue weighted by Crippen LogP contribution is -2.03. The van der Waals surface area contributed by atoms with E-state index in [2.05, 4.69) is 62.4 Å². The van der Waals surface area contributed by atoms with E-state index in [-0.39, 0.29) is 21.6 Å². The lowest BCUT2D eigenvalue weighted by Gasteiger charge is -2.08. The van der Waals surface area contributed by atoms with Gasteiger partial charge in [0.15, 0.2) is 14.3 Å². The molecule has 0 spiro atoms. The van der Waals surface area contributed by atoms with Crippen LogP contribution in [0.5, 0.6) is 5.75 Å². The van der Waals surface area contributed by atoms with Gasteiger partial charge in [0, 0.05) is 10.5 Å². The molecule has 1 heterocycles. The summed E-state index contributed by atoms with van der Waals surface area (Å²) >= 11 is 0. The van der Waals surface area contributed by atoms with Crippen molar-refractivity contribution in [1.29, 1.82) is 0 Å². The Hall–Kier alpha value is -3.43. The minimum Gasteiger partial charge on any atom is -0.508 e. The summed E-state index contributed by atoms with van der Waals surface area (Å²) in [4.78, 5) is 14.5. The summed E-state index contributed by atoms with van der Waals surface area (Å²) < 4.78 is 2.19. The molecule has 1 unspecified atom stereocenters. The van der Waals surface area contributed by atoms with Crippen molar-refractivity contribution in [2.75, 3.05) is 0 Å². The van der Waals surface area contributed by atoms with E-state index in [1.165, 1.54) is 10.5 Å². The van der Waals surface area contributed by atoms with E-state index < -0.39 is 0 Å². The second-order valence-corrected chi connectivity index (χ2v) is 10.1. The summed E-state index contributed by atoms with van der Waals surface area (Å²) in [5.41, 5.74) is 3.48. The molecule has 2 nitrogen and oxygen atoms in total. The Balaban J connectivity index is 1.75. The highest BCUT2D eigenvalue weighted by atomic mass is 32.2. The number of hydrogen-bond acceptors (Lipinski definition) is 2. The first-order valence-corrected chi connectivity index (χ1v) is 11.7. The van der Waals surface area contributed by atoms with Gasteiger partial charge in [0.25, 0.3) is 0 Å². The third-order valence-corrected chi connectivity index (χ3v) is 8.11. The number of phenolic OH excluding ortho intramolecular Hbond substituents is 1. The maximum atomic E-state index is 13.3. The van der Waals surface area contributed by atoms with Gasteiger partial charge in [0.1, 0.15) is 5.75 Å². The molecule has 0 fully saturated rings. The molecule has 1 atom stereocenters. The summed E-state index contributed by atoms with van der Waals surface area (Å²) in [6.45, 7) is 4.32. The smallest absolute Gasteiger partial charge is 0.203 e. The molecule has 152 valence electrons. The highest BCUT2D eigenvalue weighted by Crippen LogP contribution is 2.44. The van der Waals surface area contributed by atoms with Gasteiger partial charge in [-0.25, -0.2) is 0 Å². The predicted octanol–water partition coefficient (Wildman–Crippen LogP) is 7.59. The van der Waals surface area contributed by atoms with Crippen molar-refractivity contribution in [3.8, 4) is 21.8 Å². The molecule has 4 aromatic carbocycles. The fourth-order valence-corrected chi connectivity index (χ4v) is 6.37. The molecular formula is C28H23O2S+. The molecular weight excluding hydrogens is 400 g/mol. The first kappa shape index (κ1) is 19.5. The van der Waals surface area contributed by atoms with Gasteiger partial charge in [-0.1, -0.05) is 44.2 Å². The first-order chi connectivity index (χ1) is 15.0. The van der Waals surface area contributed by atoms with Gasteiger partial charge >= 0.3 is 0 Å². The topological polar surface area (TPSA) is 37.3 Å². The van der Waals surface area contributed by atoms with Crippen molar-refractivity contribution in [3.05, 3.63) is 107 Å². The van der Waals surface area contributed by atoms with Crippen molar-refractivity contribution in [2.45, 2.75) is 19.8 Å². The van der Waals surface area contributed by atoms with E-state index in [1.54, 1.807) is 12.1 Å². The van der Waals surface area contributed by atoms with Crippen LogP contribution in [0.2, 0.25) is 0 Å². The molecule has 5 rings (SSSR count). The zero-order valence-electron chi connectivity index (χ0n) is 17.5. The number of aromatic hydroxyl groups is 1. The van der Waals surface area contributed by atoms with Gasteiger partial charge in [0.05, 0.1) is 10.8 Å². The Morgan fingerprint density at radius 1 is 0.710 bits per heavy atom. The first-order valence-electron chi connectivity index (χ1n) is 10.4. The molecule has 0 amide bonds. The van der Waals surface area contributed by atoms with Gasteiger partial charge < -0.3 is 5.11 Å². The van der Waals surface area contributed by atoms with Crippen LogP contribution in [0.4, 0.5) is 0 Å². The summed E-state index contributed by atoms with van der Waals surface area (Å²) in [5.74, 6) is 0.643. The highest BCUT2D eigenvalue weighted by molar-refractivity contribution is 7.49. The Bertz CT molecular complexity index is 1460. The lowest BCUT2D eigenvalue weighted by molar-refractivity contribution is 0.475. The van der Waals surface area contributed by atoms with Gasteiger partial charge in [-0.3, -0.25) is 4.79 Å². The Kier molecular flexibility index (Phi) is 4.84. The van der Waals surface area contributed by atoms with E-state index in [9.17, 15) is 9.90 Å². The average molecular weight is 424 g/mol. The molecule has 1 aromatic heterocycles. The summed E-state index contributed by atoms with van der Waals surface area (Å²) in [6, 6.07) is 30.2. The number of rotatable bonds is 3. The molecule has 0 radical (unpaired) electrons. The van der Waals surface area contributed by atoms with Crippen LogP contribution in [0.1, 0.15) is 25.3 Å². The minimum atomic E-state index is -0.329. The molecule has 0 aliphatic rings. The monoisotopic (exact) mass is 423 g/mol. The Morgan fingerprint density at radius 3 is 2.00 bits per heavy atom. The molecule has 31 heavy (non-hydrogen) atoms. The zero-order chi connectivity index (χ0) is 21.5. The Morgan fingerprint density at radius 2 is 1.32 bits per heavy atom. The molecule has 5 aromatic rings. The average Bonchev–Trinajstić information content (AvgIpc) is 2.80. The van der Waals surface area contributed by atoms with Crippen LogP contribution in [0.25, 0.3) is 36.2 Å². The van der Waals surface area contributed by atoms with E-state index in [0.717, 1.165) is 31.3 Å². The Labute approximate surface area is 184 Å². The molecule has 0 aliphatic heterocycles. The number of hydrogen-bond donors (Lipinski definition) is 1. The van der Waals surface area contributed by atoms with E-state index in [1.807, 2.05) is 30.3 Å². The molecule has 0 bridgehead atoms. The van der Waals surface area contributed by atoms with Crippen LogP contribution >= 0.6 is 10.5 Å². The van der Waals surface area contributed by atoms with Gasteiger partial charge in [-0.15, -0.1) is 0 Å². The van der Waals surface area contributed by atoms with E-state index in [0.29, 0.717) is 5.92 Å². The molecule has 3 heteroatoms. The minimum absolute atomic E-state index is 0.123. The molecule has 0 saturated heterocycles. The predicted molar refractivity (Wildman–Crippen MR) is 133 cm³/mol. The largest absolute Gasteiger partial charge is 0.508 e. The van der Waals surface area contributed by atoms with Crippen molar-refractivity contribution >= 4 is 30.6 Å². The fourth-order valence-electron chi connectivity index (χ4n) is 4.05. The third-order valence-electron chi connectivity index (χ3n) is 5.78. The molecule has 0 saturated carbocycles. The highest BCUT2D eigenvalue weighted by Gasteiger charge is 2.23. The maximum Gasteiger partial charge on any atom is 0.203 e. The van der Waals surface area contributed by atoms with Crippen molar-refractivity contribution in [1.82, 2.24) is 0 Å². The van der Waals surface area contributed by atoms with Gasteiger partial charge in [-0.05, 0) is 83.3 Å². The van der Waals surface area contributed by atoms with Crippen LogP contribution < -0.4 is 5.43 Å². The van der Waals surface area contributed by atoms with Crippen LogP contribution in [0.3, 0.4) is 0 Å². The van der Waals surface area contributed by atoms with E-state index in [4.69, 9.17) is 0 Å². The normalized spacial score (nSPS) is 12.0. The lowest BCUT2D eigenvalue weighted by atomic mass is 10.0. The van der Waals surface area contributed by atoms with Gasteiger partial charge in [-0.2, -0.15) is 0 Å². The van der Waals surface area contributed by atoms with Crippen molar-refractivity contribution in [2.24, 2.45) is 0 Å². The standard InChI is InChI=1S/C28H22O2S/c1-18(2)21-11-16-27-25(17-21)28(30)24-5-3-4-6-26(24)31(27)23-14-9-20(10-15-23)19-7-12-22(29)13-8-19/h3-18H,1-2H3/p+1. The summed E-state index contributed by atoms with van der Waals surface area (Å²) in [7, 11) is -0.329. The maximum absolute atomic E-state index is 13.3. The summed E-state index contributed by atoms with van der Waals surface area (Å²) in [6.07, 6.45) is 0.